The Kier molecular flexibility index (Phi) is 9.41. The van der Waals surface area contributed by atoms with Crippen molar-refractivity contribution in [3.63, 3.8) is 0 Å². The molecular formula is C73H48N2S. The fourth-order valence-corrected chi connectivity index (χ4v) is 15.4. The fraction of sp³-hybridized carbons (Fsp3) is 0.0685. The van der Waals surface area contributed by atoms with Gasteiger partial charge in [-0.25, -0.2) is 9.97 Å². The second kappa shape index (κ2) is 16.5. The number of aromatic nitrogens is 2. The number of nitrogens with zero attached hydrogens (tertiary/aromatic N) is 2. The van der Waals surface area contributed by atoms with Gasteiger partial charge in [0, 0.05) is 48.3 Å². The lowest BCUT2D eigenvalue weighted by atomic mass is 9.52. The molecule has 356 valence electrons. The molecule has 4 aliphatic carbocycles. The largest absolute Gasteiger partial charge is 0.228 e. The van der Waals surface area contributed by atoms with E-state index in [4.69, 9.17) is 9.97 Å². The lowest BCUT2D eigenvalue weighted by Crippen LogP contribution is -2.44. The van der Waals surface area contributed by atoms with Crippen LogP contribution in [0.15, 0.2) is 261 Å². The van der Waals surface area contributed by atoms with E-state index in [0.717, 1.165) is 28.1 Å². The normalized spacial score (nSPS) is 16.6. The van der Waals surface area contributed by atoms with E-state index in [2.05, 4.69) is 262 Å². The third kappa shape index (κ3) is 5.92. The van der Waals surface area contributed by atoms with E-state index in [0.29, 0.717) is 17.7 Å². The highest BCUT2D eigenvalue weighted by Crippen LogP contribution is 2.69. The quantitative estimate of drug-likeness (QED) is 0.172. The van der Waals surface area contributed by atoms with Gasteiger partial charge in [0.25, 0.3) is 0 Å². The number of benzene rings is 10. The van der Waals surface area contributed by atoms with Gasteiger partial charge in [-0.1, -0.05) is 256 Å². The Bertz CT molecular complexity index is 4330. The Hall–Kier alpha value is -9.02. The van der Waals surface area contributed by atoms with Crippen LogP contribution < -0.4 is 0 Å². The second-order valence-electron chi connectivity index (χ2n) is 21.1. The molecule has 0 N–H and O–H groups in total. The Morgan fingerprint density at radius 2 is 0.908 bits per heavy atom. The number of hydrogen-bond acceptors (Lipinski definition) is 3. The molecule has 0 saturated carbocycles. The minimum absolute atomic E-state index is 0.353. The molecule has 0 amide bonds. The molecule has 2 aromatic heterocycles. The first kappa shape index (κ1) is 43.4. The fourth-order valence-electron chi connectivity index (χ4n) is 14.1. The van der Waals surface area contributed by atoms with Crippen molar-refractivity contribution in [3.8, 4) is 67.3 Å². The molecule has 0 aliphatic heterocycles. The van der Waals surface area contributed by atoms with Gasteiger partial charge < -0.3 is 0 Å². The van der Waals surface area contributed by atoms with Crippen molar-refractivity contribution in [2.75, 3.05) is 0 Å². The van der Waals surface area contributed by atoms with Crippen molar-refractivity contribution in [2.24, 2.45) is 5.92 Å². The third-order valence-electron chi connectivity index (χ3n) is 17.3. The van der Waals surface area contributed by atoms with Crippen LogP contribution >= 0.6 is 11.3 Å². The molecule has 2 nitrogen and oxygen atoms in total. The van der Waals surface area contributed by atoms with E-state index in [1.165, 1.54) is 104 Å². The summed E-state index contributed by atoms with van der Waals surface area (Å²) in [6.07, 6.45) is 8.91. The predicted octanol–water partition coefficient (Wildman–Crippen LogP) is 18.4. The number of rotatable bonds is 5. The Labute approximate surface area is 446 Å². The maximum absolute atomic E-state index is 5.29. The minimum atomic E-state index is -0.654. The zero-order chi connectivity index (χ0) is 50.1. The minimum Gasteiger partial charge on any atom is -0.228 e. The van der Waals surface area contributed by atoms with E-state index < -0.39 is 10.8 Å². The summed E-state index contributed by atoms with van der Waals surface area (Å²) in [5, 5.41) is 2.62. The van der Waals surface area contributed by atoms with Crippen LogP contribution in [0.3, 0.4) is 0 Å². The monoisotopic (exact) mass is 984 g/mol. The smallest absolute Gasteiger partial charge is 0.160 e. The average molecular weight is 985 g/mol. The molecule has 10 aromatic carbocycles. The highest BCUT2D eigenvalue weighted by Gasteiger charge is 2.59. The molecular weight excluding hydrogens is 937 g/mol. The van der Waals surface area contributed by atoms with Crippen LogP contribution in [0.4, 0.5) is 0 Å². The molecule has 2 unspecified atom stereocenters. The first-order chi connectivity index (χ1) is 37.6. The van der Waals surface area contributed by atoms with Gasteiger partial charge >= 0.3 is 0 Å². The van der Waals surface area contributed by atoms with Gasteiger partial charge in [0.15, 0.2) is 5.82 Å². The molecule has 4 aliphatic rings. The van der Waals surface area contributed by atoms with Gasteiger partial charge in [-0.2, -0.15) is 0 Å². The summed E-state index contributed by atoms with van der Waals surface area (Å²) in [5.41, 5.74) is 23.4. The van der Waals surface area contributed by atoms with Crippen LogP contribution in [0.1, 0.15) is 62.9 Å². The van der Waals surface area contributed by atoms with Crippen LogP contribution in [0, 0.1) is 5.92 Å². The Morgan fingerprint density at radius 3 is 1.57 bits per heavy atom. The van der Waals surface area contributed by atoms with Crippen LogP contribution in [0.5, 0.6) is 0 Å². The topological polar surface area (TPSA) is 25.8 Å². The van der Waals surface area contributed by atoms with Gasteiger partial charge in [0.05, 0.1) is 22.2 Å². The maximum atomic E-state index is 5.29. The van der Waals surface area contributed by atoms with Gasteiger partial charge in [-0.05, 0) is 95.9 Å². The molecule has 0 fully saturated rings. The van der Waals surface area contributed by atoms with E-state index in [1.807, 2.05) is 17.4 Å². The molecule has 16 rings (SSSR count). The maximum Gasteiger partial charge on any atom is 0.160 e. The number of thiophene rings is 1. The Balaban J connectivity index is 0.915. The number of fused-ring (bicyclic) bond motifs is 20. The first-order valence-corrected chi connectivity index (χ1v) is 27.4. The second-order valence-corrected chi connectivity index (χ2v) is 22.1. The Morgan fingerprint density at radius 1 is 0.382 bits per heavy atom. The summed E-state index contributed by atoms with van der Waals surface area (Å²) < 4.78 is 2.66. The van der Waals surface area contributed by atoms with E-state index in [1.54, 1.807) is 0 Å². The molecule has 2 atom stereocenters. The summed E-state index contributed by atoms with van der Waals surface area (Å²) >= 11 is 1.93. The van der Waals surface area contributed by atoms with Crippen molar-refractivity contribution < 1.29 is 0 Å². The molecule has 2 spiro atoms. The summed E-state index contributed by atoms with van der Waals surface area (Å²) in [4.78, 5) is 10.5. The highest BCUT2D eigenvalue weighted by molar-refractivity contribution is 7.26. The summed E-state index contributed by atoms with van der Waals surface area (Å²) in [5.74, 6) is 1.51. The molecule has 76 heavy (non-hydrogen) atoms. The summed E-state index contributed by atoms with van der Waals surface area (Å²) in [6, 6.07) is 88.8. The highest BCUT2D eigenvalue weighted by atomic mass is 32.1. The molecule has 12 aromatic rings. The SMILES string of the molecule is CC1C=CC=CC1c1ccc(-c2cc(-c3ccc(-c4cccc5c4C4(c6ccccc6C6(c7ccccc7-c7ccccc76)c6ccccc64)c4ccc6c(sc7ccccc76)c4-5)cc3)nc(-c3ccccc3)n2)cc1. The van der Waals surface area contributed by atoms with E-state index >= 15 is 0 Å². The van der Waals surface area contributed by atoms with Gasteiger partial charge in [-0.3, -0.25) is 0 Å². The van der Waals surface area contributed by atoms with Crippen LogP contribution in [0.25, 0.3) is 87.5 Å². The van der Waals surface area contributed by atoms with Gasteiger partial charge in [0.1, 0.15) is 0 Å². The zero-order valence-electron chi connectivity index (χ0n) is 41.8. The van der Waals surface area contributed by atoms with Crippen molar-refractivity contribution in [1.29, 1.82) is 0 Å². The van der Waals surface area contributed by atoms with Crippen molar-refractivity contribution in [3.05, 3.63) is 311 Å². The predicted molar refractivity (Wildman–Crippen MR) is 315 cm³/mol. The van der Waals surface area contributed by atoms with E-state index in [-0.39, 0.29) is 0 Å². The third-order valence-corrected chi connectivity index (χ3v) is 18.5. The number of allylic oxidation sites excluding steroid dienone is 4. The van der Waals surface area contributed by atoms with Crippen LogP contribution in [-0.2, 0) is 10.8 Å². The average Bonchev–Trinajstić information content (AvgIpc) is 4.10. The summed E-state index contributed by atoms with van der Waals surface area (Å²) in [6.45, 7) is 2.29. The van der Waals surface area contributed by atoms with Crippen LogP contribution in [-0.4, -0.2) is 9.97 Å². The molecule has 0 saturated heterocycles. The standard InChI is InChI=1S/C73H48N2S/c1-45-18-5-6-21-51(45)46-34-38-48(39-35-46)65-44-66(75-71(74-65)50-19-3-2-4-20-50)49-40-36-47(37-41-49)52-25-17-26-57-68-64(43-42-56-55-24-9-16-33-67(55)76-70(56)68)73(69(52)57)62-31-14-12-29-60(62)72(61-30-13-15-32-63(61)73)58-27-10-7-22-53(58)54-23-8-11-28-59(54)72/h2-45,51H,1H3. The van der Waals surface area contributed by atoms with E-state index in [9.17, 15) is 0 Å². The van der Waals surface area contributed by atoms with Gasteiger partial charge in [0.2, 0.25) is 0 Å². The van der Waals surface area contributed by atoms with Crippen molar-refractivity contribution in [2.45, 2.75) is 23.7 Å². The van der Waals surface area contributed by atoms with Crippen molar-refractivity contribution in [1.82, 2.24) is 9.97 Å². The summed E-state index contributed by atoms with van der Waals surface area (Å²) in [7, 11) is 0. The molecule has 2 heterocycles. The van der Waals surface area contributed by atoms with Crippen LogP contribution in [0.2, 0.25) is 0 Å². The number of hydrogen-bond donors (Lipinski definition) is 0. The first-order valence-electron chi connectivity index (χ1n) is 26.6. The lowest BCUT2D eigenvalue weighted by molar-refractivity contribution is 0.634. The molecule has 3 heteroatoms. The van der Waals surface area contributed by atoms with Gasteiger partial charge in [-0.15, -0.1) is 11.3 Å². The zero-order valence-corrected chi connectivity index (χ0v) is 42.6. The molecule has 0 bridgehead atoms. The van der Waals surface area contributed by atoms with Crippen molar-refractivity contribution >= 4 is 31.5 Å². The molecule has 0 radical (unpaired) electrons. The lowest BCUT2D eigenvalue weighted by Gasteiger charge is -2.49.